The average Bonchev–Trinajstić information content (AvgIpc) is 2.71. The molecular formula is C12H15N3O2. The van der Waals surface area contributed by atoms with Gasteiger partial charge in [-0.1, -0.05) is 6.07 Å². The molecule has 0 unspecified atom stereocenters. The number of fused-ring (bicyclic) bond motifs is 1. The van der Waals surface area contributed by atoms with Crippen LogP contribution in [0.2, 0.25) is 0 Å². The van der Waals surface area contributed by atoms with Crippen LogP contribution in [0.4, 0.5) is 0 Å². The third kappa shape index (κ3) is 2.62. The average molecular weight is 233 g/mol. The highest BCUT2D eigenvalue weighted by Crippen LogP contribution is 2.09. The molecule has 1 N–H and O–H groups in total. The molecule has 5 heteroatoms. The van der Waals surface area contributed by atoms with Crippen LogP contribution in [0.1, 0.15) is 11.3 Å². The Kier molecular flexibility index (Phi) is 3.39. The fourth-order valence-electron chi connectivity index (χ4n) is 1.66. The van der Waals surface area contributed by atoms with Crippen molar-refractivity contribution in [3.05, 3.63) is 35.8 Å². The van der Waals surface area contributed by atoms with E-state index in [1.807, 2.05) is 35.9 Å². The molecule has 2 rings (SSSR count). The van der Waals surface area contributed by atoms with Crippen molar-refractivity contribution in [2.24, 2.45) is 0 Å². The lowest BCUT2D eigenvalue weighted by Gasteiger charge is -2.00. The summed E-state index contributed by atoms with van der Waals surface area (Å²) in [5, 5.41) is 2.74. The first-order chi connectivity index (χ1) is 8.20. The lowest BCUT2D eigenvalue weighted by molar-refractivity contribution is -0.124. The minimum atomic E-state index is -0.138. The van der Waals surface area contributed by atoms with Crippen LogP contribution in [-0.4, -0.2) is 29.0 Å². The molecule has 0 saturated carbocycles. The summed E-state index contributed by atoms with van der Waals surface area (Å²) in [5.41, 5.74) is 2.87. The van der Waals surface area contributed by atoms with Gasteiger partial charge in [0.1, 0.15) is 12.3 Å². The summed E-state index contributed by atoms with van der Waals surface area (Å²) in [6.07, 6.45) is 3.85. The number of carbonyl (C=O) groups is 1. The maximum absolute atomic E-state index is 11.2. The van der Waals surface area contributed by atoms with Crippen LogP contribution in [-0.2, 0) is 16.1 Å². The molecular weight excluding hydrogens is 218 g/mol. The van der Waals surface area contributed by atoms with Crippen molar-refractivity contribution in [3.63, 3.8) is 0 Å². The van der Waals surface area contributed by atoms with Crippen molar-refractivity contribution >= 4 is 11.6 Å². The maximum atomic E-state index is 11.2. The molecule has 0 bridgehead atoms. The molecule has 0 aliphatic rings. The van der Waals surface area contributed by atoms with Gasteiger partial charge in [0.25, 0.3) is 0 Å². The van der Waals surface area contributed by atoms with Crippen molar-refractivity contribution in [1.29, 1.82) is 0 Å². The van der Waals surface area contributed by atoms with Crippen LogP contribution in [0.5, 0.6) is 0 Å². The number of nitrogens with zero attached hydrogens (tertiary/aromatic N) is 2. The lowest BCUT2D eigenvalue weighted by atomic mass is 10.3. The van der Waals surface area contributed by atoms with Gasteiger partial charge in [0, 0.05) is 19.5 Å². The number of amides is 1. The van der Waals surface area contributed by atoms with Crippen LogP contribution in [0.15, 0.2) is 24.5 Å². The number of hydrogen-bond acceptors (Lipinski definition) is 3. The summed E-state index contributed by atoms with van der Waals surface area (Å²) < 4.78 is 6.68. The minimum Gasteiger partial charge on any atom is -0.375 e. The Bertz CT molecular complexity index is 534. The molecule has 0 aliphatic carbocycles. The zero-order valence-electron chi connectivity index (χ0n) is 9.93. The molecule has 17 heavy (non-hydrogen) atoms. The van der Waals surface area contributed by atoms with Crippen LogP contribution in [0, 0.1) is 6.92 Å². The zero-order valence-corrected chi connectivity index (χ0v) is 9.93. The monoisotopic (exact) mass is 233 g/mol. The van der Waals surface area contributed by atoms with Crippen molar-refractivity contribution in [2.75, 3.05) is 13.7 Å². The van der Waals surface area contributed by atoms with Gasteiger partial charge in [-0.05, 0) is 18.6 Å². The molecule has 2 heterocycles. The molecule has 5 nitrogen and oxygen atoms in total. The SMILES string of the molecule is COCC(=O)NCc1cn2cccc(C)c2n1. The Morgan fingerprint density at radius 1 is 1.59 bits per heavy atom. The van der Waals surface area contributed by atoms with E-state index in [9.17, 15) is 4.79 Å². The lowest BCUT2D eigenvalue weighted by Crippen LogP contribution is -2.26. The maximum Gasteiger partial charge on any atom is 0.246 e. The molecule has 0 saturated heterocycles. The summed E-state index contributed by atoms with van der Waals surface area (Å²) in [5.74, 6) is -0.138. The highest BCUT2D eigenvalue weighted by atomic mass is 16.5. The Morgan fingerprint density at radius 2 is 2.41 bits per heavy atom. The van der Waals surface area contributed by atoms with Gasteiger partial charge >= 0.3 is 0 Å². The highest BCUT2D eigenvalue weighted by molar-refractivity contribution is 5.77. The van der Waals surface area contributed by atoms with Crippen LogP contribution in [0.25, 0.3) is 5.65 Å². The number of rotatable bonds is 4. The standard InChI is InChI=1S/C12H15N3O2/c1-9-4-3-5-15-7-10(14-12(9)15)6-13-11(16)8-17-2/h3-5,7H,6,8H2,1-2H3,(H,13,16). The fraction of sp³-hybridized carbons (Fsp3) is 0.333. The normalized spacial score (nSPS) is 10.7. The topological polar surface area (TPSA) is 55.6 Å². The summed E-state index contributed by atoms with van der Waals surface area (Å²) in [6.45, 7) is 2.51. The van der Waals surface area contributed by atoms with Crippen LogP contribution in [0.3, 0.4) is 0 Å². The Hall–Kier alpha value is -1.88. The predicted molar refractivity (Wildman–Crippen MR) is 63.7 cm³/mol. The minimum absolute atomic E-state index is 0.0758. The van der Waals surface area contributed by atoms with E-state index in [4.69, 9.17) is 4.74 Å². The second-order valence-electron chi connectivity index (χ2n) is 3.86. The molecule has 90 valence electrons. The van der Waals surface area contributed by atoms with E-state index in [0.717, 1.165) is 16.9 Å². The van der Waals surface area contributed by atoms with Gasteiger partial charge in [0.2, 0.25) is 5.91 Å². The van der Waals surface area contributed by atoms with Gasteiger partial charge in [-0.2, -0.15) is 0 Å². The van der Waals surface area contributed by atoms with E-state index in [2.05, 4.69) is 10.3 Å². The summed E-state index contributed by atoms with van der Waals surface area (Å²) >= 11 is 0. The van der Waals surface area contributed by atoms with Crippen molar-refractivity contribution in [2.45, 2.75) is 13.5 Å². The largest absolute Gasteiger partial charge is 0.375 e. The zero-order chi connectivity index (χ0) is 12.3. The summed E-state index contributed by atoms with van der Waals surface area (Å²) in [4.78, 5) is 15.7. The third-order valence-electron chi connectivity index (χ3n) is 2.47. The first-order valence-corrected chi connectivity index (χ1v) is 5.39. The molecule has 2 aromatic rings. The van der Waals surface area contributed by atoms with Gasteiger partial charge in [-0.3, -0.25) is 4.79 Å². The van der Waals surface area contributed by atoms with Crippen molar-refractivity contribution in [3.8, 4) is 0 Å². The van der Waals surface area contributed by atoms with E-state index in [1.165, 1.54) is 7.11 Å². The summed E-state index contributed by atoms with van der Waals surface area (Å²) in [7, 11) is 1.49. The van der Waals surface area contributed by atoms with Gasteiger partial charge in [0.05, 0.1) is 12.2 Å². The third-order valence-corrected chi connectivity index (χ3v) is 2.47. The van der Waals surface area contributed by atoms with E-state index in [-0.39, 0.29) is 12.5 Å². The van der Waals surface area contributed by atoms with Gasteiger partial charge in [-0.15, -0.1) is 0 Å². The van der Waals surface area contributed by atoms with Gasteiger partial charge in [0.15, 0.2) is 0 Å². The molecule has 0 radical (unpaired) electrons. The second kappa shape index (κ2) is 4.97. The van der Waals surface area contributed by atoms with E-state index < -0.39 is 0 Å². The van der Waals surface area contributed by atoms with E-state index in [0.29, 0.717) is 6.54 Å². The quantitative estimate of drug-likeness (QED) is 0.853. The number of aryl methyl sites for hydroxylation is 1. The number of methoxy groups -OCH3 is 1. The molecule has 0 spiro atoms. The highest BCUT2D eigenvalue weighted by Gasteiger charge is 2.05. The number of pyridine rings is 1. The van der Waals surface area contributed by atoms with E-state index in [1.54, 1.807) is 0 Å². The predicted octanol–water partition coefficient (Wildman–Crippen LogP) is 0.905. The number of imidazole rings is 1. The van der Waals surface area contributed by atoms with Crippen LogP contribution >= 0.6 is 0 Å². The molecule has 1 amide bonds. The molecule has 2 aromatic heterocycles. The van der Waals surface area contributed by atoms with Gasteiger partial charge < -0.3 is 14.5 Å². The first-order valence-electron chi connectivity index (χ1n) is 5.39. The number of carbonyl (C=O) groups excluding carboxylic acids is 1. The smallest absolute Gasteiger partial charge is 0.246 e. The number of hydrogen-bond donors (Lipinski definition) is 1. The number of aromatic nitrogens is 2. The van der Waals surface area contributed by atoms with Crippen LogP contribution < -0.4 is 5.32 Å². The Morgan fingerprint density at radius 3 is 3.12 bits per heavy atom. The Balaban J connectivity index is 2.10. The summed E-state index contributed by atoms with van der Waals surface area (Å²) in [6, 6.07) is 3.98. The van der Waals surface area contributed by atoms with Crippen molar-refractivity contribution < 1.29 is 9.53 Å². The fourth-order valence-corrected chi connectivity index (χ4v) is 1.66. The second-order valence-corrected chi connectivity index (χ2v) is 3.86. The van der Waals surface area contributed by atoms with Crippen molar-refractivity contribution in [1.82, 2.24) is 14.7 Å². The molecule has 0 aliphatic heterocycles. The van der Waals surface area contributed by atoms with E-state index >= 15 is 0 Å². The van der Waals surface area contributed by atoms with Gasteiger partial charge in [-0.25, -0.2) is 4.98 Å². The number of ether oxygens (including phenoxy) is 1. The Labute approximate surface area is 99.4 Å². The first kappa shape index (κ1) is 11.6. The molecule has 0 fully saturated rings. The number of nitrogens with one attached hydrogen (secondary N) is 1. The molecule has 0 aromatic carbocycles. The molecule has 0 atom stereocenters.